The van der Waals surface area contributed by atoms with Crippen LogP contribution in [0.1, 0.15) is 25.0 Å². The quantitative estimate of drug-likeness (QED) is 0.163. The van der Waals surface area contributed by atoms with Crippen molar-refractivity contribution in [1.82, 2.24) is 0 Å². The smallest absolute Gasteiger partial charge is 0.0361 e. The fourth-order valence-electron chi connectivity index (χ4n) is 9.03. The lowest BCUT2D eigenvalue weighted by atomic mass is 9.80. The van der Waals surface area contributed by atoms with Crippen LogP contribution in [0.5, 0.6) is 0 Å². The summed E-state index contributed by atoms with van der Waals surface area (Å²) in [5, 5.41) is 13.1. The summed E-state index contributed by atoms with van der Waals surface area (Å²) in [6.07, 6.45) is 0. The lowest BCUT2D eigenvalue weighted by molar-refractivity contribution is 0.661. The van der Waals surface area contributed by atoms with Crippen LogP contribution in [0.15, 0.2) is 158 Å². The molecule has 0 atom stereocenters. The van der Waals surface area contributed by atoms with E-state index in [1.807, 2.05) is 11.3 Å². The summed E-state index contributed by atoms with van der Waals surface area (Å²) in [5.41, 5.74) is 10.6. The summed E-state index contributed by atoms with van der Waals surface area (Å²) in [5.74, 6) is 0. The van der Waals surface area contributed by atoms with E-state index in [0.717, 1.165) is 0 Å². The first kappa shape index (κ1) is 28.1. The molecule has 9 aromatic carbocycles. The van der Waals surface area contributed by atoms with E-state index in [4.69, 9.17) is 0 Å². The van der Waals surface area contributed by atoms with E-state index in [-0.39, 0.29) is 5.41 Å². The minimum Gasteiger partial charge on any atom is -0.135 e. The van der Waals surface area contributed by atoms with Crippen LogP contribution in [0.4, 0.5) is 0 Å². The zero-order chi connectivity index (χ0) is 33.1. The Labute approximate surface area is 294 Å². The fourth-order valence-corrected chi connectivity index (χ4v) is 10.2. The molecule has 0 fully saturated rings. The zero-order valence-corrected chi connectivity index (χ0v) is 28.7. The maximum atomic E-state index is 2.50. The third-order valence-corrected chi connectivity index (χ3v) is 12.5. The van der Waals surface area contributed by atoms with Crippen LogP contribution in [-0.2, 0) is 5.41 Å². The standard InChI is InChI=1S/C49H32S/c1-49(2)42-24-22-31-27-45-41(34-13-9-10-18-44(34)50-45)28-40(31)48(42)39-23-21-33(26-43(39)49)47-37-16-7-5-14-35(37)46(36-15-6-8-17-38(36)47)32-20-19-29-11-3-4-12-30(29)25-32/h3-28H,1-2H3. The largest absolute Gasteiger partial charge is 0.135 e. The third kappa shape index (κ3) is 3.81. The van der Waals surface area contributed by atoms with Crippen molar-refractivity contribution in [3.63, 3.8) is 0 Å². The maximum absolute atomic E-state index is 2.50. The van der Waals surface area contributed by atoms with Crippen LogP contribution in [0.3, 0.4) is 0 Å². The second-order valence-corrected chi connectivity index (χ2v) is 15.5. The van der Waals surface area contributed by atoms with Crippen molar-refractivity contribution >= 4 is 74.6 Å². The molecule has 234 valence electrons. The van der Waals surface area contributed by atoms with Crippen molar-refractivity contribution in [2.45, 2.75) is 19.3 Å². The van der Waals surface area contributed by atoms with E-state index in [1.165, 1.54) is 108 Å². The Morgan fingerprint density at radius 2 is 0.940 bits per heavy atom. The fraction of sp³-hybridized carbons (Fsp3) is 0.0612. The first-order chi connectivity index (χ1) is 24.5. The van der Waals surface area contributed by atoms with Gasteiger partial charge >= 0.3 is 0 Å². The van der Waals surface area contributed by atoms with Gasteiger partial charge in [-0.3, -0.25) is 0 Å². The number of benzene rings is 9. The molecule has 11 rings (SSSR count). The van der Waals surface area contributed by atoms with Gasteiger partial charge in [0.2, 0.25) is 0 Å². The molecule has 0 amide bonds. The average molecular weight is 653 g/mol. The Bertz CT molecular complexity index is 3010. The van der Waals surface area contributed by atoms with E-state index >= 15 is 0 Å². The monoisotopic (exact) mass is 652 g/mol. The molecule has 0 saturated heterocycles. The van der Waals surface area contributed by atoms with Crippen LogP contribution in [0, 0.1) is 0 Å². The second-order valence-electron chi connectivity index (χ2n) is 14.4. The molecule has 0 bridgehead atoms. The highest BCUT2D eigenvalue weighted by molar-refractivity contribution is 7.25. The van der Waals surface area contributed by atoms with Gasteiger partial charge in [0, 0.05) is 25.6 Å². The van der Waals surface area contributed by atoms with Gasteiger partial charge in [0.05, 0.1) is 0 Å². The molecule has 10 aromatic rings. The summed E-state index contributed by atoms with van der Waals surface area (Å²) in [7, 11) is 0. The molecule has 50 heavy (non-hydrogen) atoms. The molecule has 0 spiro atoms. The first-order valence-corrected chi connectivity index (χ1v) is 18.3. The second kappa shape index (κ2) is 10.1. The van der Waals surface area contributed by atoms with Crippen molar-refractivity contribution in [3.05, 3.63) is 169 Å². The number of hydrogen-bond acceptors (Lipinski definition) is 1. The molecular formula is C49H32S. The SMILES string of the molecule is CC1(C)c2cc(-c3c4ccccc4c(-c4ccc5ccccc5c4)c4ccccc34)ccc2-c2c1ccc1cc3sc4ccccc4c3cc21. The van der Waals surface area contributed by atoms with E-state index < -0.39 is 0 Å². The van der Waals surface area contributed by atoms with Crippen LogP contribution >= 0.6 is 11.3 Å². The van der Waals surface area contributed by atoms with Gasteiger partial charge in [-0.15, -0.1) is 11.3 Å². The molecule has 0 nitrogen and oxygen atoms in total. The minimum atomic E-state index is -0.128. The normalized spacial score (nSPS) is 13.6. The van der Waals surface area contributed by atoms with Crippen molar-refractivity contribution in [3.8, 4) is 33.4 Å². The van der Waals surface area contributed by atoms with E-state index in [0.29, 0.717) is 0 Å². The van der Waals surface area contributed by atoms with E-state index in [2.05, 4.69) is 172 Å². The summed E-state index contributed by atoms with van der Waals surface area (Å²) in [4.78, 5) is 0. The highest BCUT2D eigenvalue weighted by Gasteiger charge is 2.37. The average Bonchev–Trinajstić information content (AvgIpc) is 3.63. The molecule has 0 aliphatic heterocycles. The summed E-state index contributed by atoms with van der Waals surface area (Å²) in [6.45, 7) is 4.82. The molecule has 1 aliphatic carbocycles. The summed E-state index contributed by atoms with van der Waals surface area (Å²) < 4.78 is 2.71. The molecule has 0 radical (unpaired) electrons. The minimum absolute atomic E-state index is 0.128. The molecule has 0 saturated carbocycles. The zero-order valence-electron chi connectivity index (χ0n) is 27.9. The molecular weight excluding hydrogens is 621 g/mol. The van der Waals surface area contributed by atoms with Gasteiger partial charge in [-0.25, -0.2) is 0 Å². The van der Waals surface area contributed by atoms with Crippen molar-refractivity contribution in [1.29, 1.82) is 0 Å². The number of hydrogen-bond donors (Lipinski definition) is 0. The topological polar surface area (TPSA) is 0 Å². The van der Waals surface area contributed by atoms with Gasteiger partial charge in [0.25, 0.3) is 0 Å². The van der Waals surface area contributed by atoms with Gasteiger partial charge in [0.15, 0.2) is 0 Å². The first-order valence-electron chi connectivity index (χ1n) is 17.5. The third-order valence-electron chi connectivity index (χ3n) is 11.4. The van der Waals surface area contributed by atoms with Crippen molar-refractivity contribution < 1.29 is 0 Å². The Hall–Kier alpha value is -5.76. The van der Waals surface area contributed by atoms with Gasteiger partial charge in [-0.1, -0.05) is 141 Å². The summed E-state index contributed by atoms with van der Waals surface area (Å²) >= 11 is 1.90. The van der Waals surface area contributed by atoms with E-state index in [9.17, 15) is 0 Å². The Morgan fingerprint density at radius 3 is 1.66 bits per heavy atom. The van der Waals surface area contributed by atoms with Gasteiger partial charge in [-0.05, 0) is 118 Å². The maximum Gasteiger partial charge on any atom is 0.0361 e. The van der Waals surface area contributed by atoms with Gasteiger partial charge < -0.3 is 0 Å². The van der Waals surface area contributed by atoms with Crippen LogP contribution in [0.25, 0.3) is 96.6 Å². The predicted octanol–water partition coefficient (Wildman–Crippen LogP) is 14.3. The number of rotatable bonds is 2. The van der Waals surface area contributed by atoms with Crippen LogP contribution in [-0.4, -0.2) is 0 Å². The number of thiophene rings is 1. The Balaban J connectivity index is 1.16. The highest BCUT2D eigenvalue weighted by atomic mass is 32.1. The molecule has 1 aliphatic rings. The van der Waals surface area contributed by atoms with Crippen LogP contribution < -0.4 is 0 Å². The number of fused-ring (bicyclic) bond motifs is 11. The molecule has 0 unspecified atom stereocenters. The lowest BCUT2D eigenvalue weighted by Gasteiger charge is -2.23. The Kier molecular flexibility index (Phi) is 5.70. The highest BCUT2D eigenvalue weighted by Crippen LogP contribution is 2.54. The molecule has 1 heteroatoms. The van der Waals surface area contributed by atoms with Crippen molar-refractivity contribution in [2.24, 2.45) is 0 Å². The lowest BCUT2D eigenvalue weighted by Crippen LogP contribution is -2.15. The molecule has 1 heterocycles. The predicted molar refractivity (Wildman–Crippen MR) is 218 cm³/mol. The van der Waals surface area contributed by atoms with E-state index in [1.54, 1.807) is 0 Å². The molecule has 0 N–H and O–H groups in total. The van der Waals surface area contributed by atoms with Gasteiger partial charge in [-0.2, -0.15) is 0 Å². The Morgan fingerprint density at radius 1 is 0.360 bits per heavy atom. The van der Waals surface area contributed by atoms with Gasteiger partial charge in [0.1, 0.15) is 0 Å². The van der Waals surface area contributed by atoms with Crippen LogP contribution in [0.2, 0.25) is 0 Å². The molecule has 1 aromatic heterocycles. The summed E-state index contributed by atoms with van der Waals surface area (Å²) in [6, 6.07) is 59.3. The van der Waals surface area contributed by atoms with Crippen molar-refractivity contribution in [2.75, 3.05) is 0 Å².